The molecule has 0 saturated heterocycles. The van der Waals surface area contributed by atoms with Gasteiger partial charge >= 0.3 is 12.1 Å². The third-order valence-electron chi connectivity index (χ3n) is 4.94. The van der Waals surface area contributed by atoms with Gasteiger partial charge in [0.05, 0.1) is 21.3 Å². The van der Waals surface area contributed by atoms with Crippen molar-refractivity contribution < 1.29 is 31.5 Å². The second kappa shape index (κ2) is 6.97. The van der Waals surface area contributed by atoms with Crippen molar-refractivity contribution in [1.29, 1.82) is 0 Å². The monoisotopic (exact) mass is 378 g/mol. The van der Waals surface area contributed by atoms with Gasteiger partial charge in [0.2, 0.25) is 0 Å². The molecule has 25 heavy (non-hydrogen) atoms. The summed E-state index contributed by atoms with van der Waals surface area (Å²) < 4.78 is 66.3. The molecule has 140 valence electrons. The second-order valence-corrected chi connectivity index (χ2v) is 8.48. The largest absolute Gasteiger partial charge is 0.478 e. The Labute approximate surface area is 145 Å². The molecule has 0 radical (unpaired) electrons. The summed E-state index contributed by atoms with van der Waals surface area (Å²) in [6, 6.07) is 1.37. The van der Waals surface area contributed by atoms with Crippen LogP contribution in [0.2, 0.25) is 0 Å². The first-order valence-electron chi connectivity index (χ1n) is 8.25. The molecule has 0 spiro atoms. The van der Waals surface area contributed by atoms with Crippen molar-refractivity contribution in [1.82, 2.24) is 0 Å². The Morgan fingerprint density at radius 3 is 2.36 bits per heavy atom. The molecule has 1 aromatic carbocycles. The molecule has 1 saturated carbocycles. The normalized spacial score (nSPS) is 21.5. The van der Waals surface area contributed by atoms with Crippen LogP contribution in [0.1, 0.15) is 61.0 Å². The Morgan fingerprint density at radius 1 is 1.24 bits per heavy atom. The number of aryl methyl sites for hydroxylation is 1. The van der Waals surface area contributed by atoms with Gasteiger partial charge in [0.1, 0.15) is 0 Å². The van der Waals surface area contributed by atoms with Crippen LogP contribution >= 0.6 is 0 Å². The fraction of sp³-hybridized carbons (Fsp3) is 0.588. The average Bonchev–Trinajstić information content (AvgIpc) is 3.01. The first kappa shape index (κ1) is 19.8. The summed E-state index contributed by atoms with van der Waals surface area (Å²) in [7, 11) is -4.20. The number of aromatic carboxylic acids is 1. The second-order valence-electron chi connectivity index (χ2n) is 6.34. The minimum absolute atomic E-state index is 0.0881. The lowest BCUT2D eigenvalue weighted by Crippen LogP contribution is -2.28. The number of benzene rings is 1. The van der Waals surface area contributed by atoms with Gasteiger partial charge < -0.3 is 5.11 Å². The highest BCUT2D eigenvalue weighted by Gasteiger charge is 2.44. The van der Waals surface area contributed by atoms with Crippen LogP contribution in [0.4, 0.5) is 13.2 Å². The number of carboxylic acid groups (broad SMARTS) is 1. The lowest BCUT2D eigenvalue weighted by molar-refractivity contribution is -0.139. The summed E-state index contributed by atoms with van der Waals surface area (Å²) in [5.41, 5.74) is -1.80. The molecule has 1 aliphatic carbocycles. The molecule has 1 N–H and O–H groups in total. The van der Waals surface area contributed by atoms with E-state index in [9.17, 15) is 26.4 Å². The molecule has 1 aliphatic rings. The van der Waals surface area contributed by atoms with Crippen molar-refractivity contribution >= 4 is 15.8 Å². The van der Waals surface area contributed by atoms with Crippen LogP contribution < -0.4 is 0 Å². The Kier molecular flexibility index (Phi) is 5.51. The van der Waals surface area contributed by atoms with Crippen LogP contribution in [-0.4, -0.2) is 24.7 Å². The Morgan fingerprint density at radius 2 is 1.88 bits per heavy atom. The minimum atomic E-state index is -4.95. The maximum absolute atomic E-state index is 13.5. The number of rotatable bonds is 5. The highest BCUT2D eigenvalue weighted by Crippen LogP contribution is 2.42. The quantitative estimate of drug-likeness (QED) is 0.828. The molecule has 2 atom stereocenters. The first-order valence-corrected chi connectivity index (χ1v) is 9.79. The summed E-state index contributed by atoms with van der Waals surface area (Å²) in [4.78, 5) is 10.5. The molecule has 0 bridgehead atoms. The minimum Gasteiger partial charge on any atom is -0.478 e. The predicted molar refractivity (Wildman–Crippen MR) is 86.4 cm³/mol. The maximum atomic E-state index is 13.5. The Bertz CT molecular complexity index is 769. The highest BCUT2D eigenvalue weighted by atomic mass is 32.2. The molecule has 0 amide bonds. The number of hydrogen-bond acceptors (Lipinski definition) is 3. The van der Waals surface area contributed by atoms with Crippen molar-refractivity contribution in [3.05, 3.63) is 28.8 Å². The van der Waals surface area contributed by atoms with E-state index in [1.165, 1.54) is 0 Å². The molecule has 0 aromatic heterocycles. The Balaban J connectivity index is 2.72. The molecule has 0 heterocycles. The van der Waals surface area contributed by atoms with Crippen LogP contribution in [0.5, 0.6) is 0 Å². The third-order valence-corrected chi connectivity index (χ3v) is 7.31. The van der Waals surface area contributed by atoms with Gasteiger partial charge in [-0.3, -0.25) is 0 Å². The Hall–Kier alpha value is -1.57. The lowest BCUT2D eigenvalue weighted by atomic mass is 10.0. The fourth-order valence-corrected chi connectivity index (χ4v) is 6.04. The zero-order valence-corrected chi connectivity index (χ0v) is 14.9. The van der Waals surface area contributed by atoms with Crippen LogP contribution in [-0.2, 0) is 22.4 Å². The van der Waals surface area contributed by atoms with E-state index < -0.39 is 43.3 Å². The number of alkyl halides is 3. The van der Waals surface area contributed by atoms with Gasteiger partial charge in [-0.15, -0.1) is 0 Å². The van der Waals surface area contributed by atoms with Gasteiger partial charge in [-0.25, -0.2) is 13.2 Å². The molecule has 2 unspecified atom stereocenters. The summed E-state index contributed by atoms with van der Waals surface area (Å²) >= 11 is 0. The van der Waals surface area contributed by atoms with Crippen LogP contribution in [0.15, 0.2) is 17.0 Å². The van der Waals surface area contributed by atoms with Crippen molar-refractivity contribution in [2.24, 2.45) is 5.92 Å². The van der Waals surface area contributed by atoms with Crippen molar-refractivity contribution in [3.63, 3.8) is 0 Å². The van der Waals surface area contributed by atoms with Crippen LogP contribution in [0.25, 0.3) is 0 Å². The molecule has 0 aliphatic heterocycles. The molecule has 1 fully saturated rings. The van der Waals surface area contributed by atoms with Crippen molar-refractivity contribution in [3.8, 4) is 0 Å². The van der Waals surface area contributed by atoms with Crippen molar-refractivity contribution in [2.75, 3.05) is 0 Å². The number of carboxylic acids is 1. The average molecular weight is 378 g/mol. The molecule has 1 aromatic rings. The summed E-state index contributed by atoms with van der Waals surface area (Å²) in [5.74, 6) is -1.67. The molecular weight excluding hydrogens is 357 g/mol. The SMILES string of the molecule is CCc1cc(S(=O)(=O)C2CCCC2CC)c(C(F)(F)F)cc1C(=O)O. The van der Waals surface area contributed by atoms with Gasteiger partial charge in [0.25, 0.3) is 0 Å². The first-order chi connectivity index (χ1) is 11.5. The zero-order chi connectivity index (χ0) is 19.0. The molecule has 8 heteroatoms. The van der Waals surface area contributed by atoms with Gasteiger partial charge in [-0.2, -0.15) is 13.2 Å². The lowest BCUT2D eigenvalue weighted by Gasteiger charge is -2.22. The van der Waals surface area contributed by atoms with Gasteiger partial charge in [0.15, 0.2) is 9.84 Å². The molecule has 4 nitrogen and oxygen atoms in total. The number of carbonyl (C=O) groups is 1. The van der Waals surface area contributed by atoms with Crippen LogP contribution in [0, 0.1) is 5.92 Å². The van der Waals surface area contributed by atoms with E-state index in [2.05, 4.69) is 0 Å². The van der Waals surface area contributed by atoms with Gasteiger partial charge in [-0.05, 0) is 42.9 Å². The number of sulfone groups is 1. The van der Waals surface area contributed by atoms with E-state index in [-0.39, 0.29) is 17.9 Å². The van der Waals surface area contributed by atoms with E-state index in [0.717, 1.165) is 6.07 Å². The third kappa shape index (κ3) is 3.68. The van der Waals surface area contributed by atoms with E-state index in [1.807, 2.05) is 6.92 Å². The highest BCUT2D eigenvalue weighted by molar-refractivity contribution is 7.92. The predicted octanol–water partition coefficient (Wildman–Crippen LogP) is 4.32. The number of hydrogen-bond donors (Lipinski definition) is 1. The van der Waals surface area contributed by atoms with E-state index in [4.69, 9.17) is 5.11 Å². The summed E-state index contributed by atoms with van der Waals surface area (Å²) in [6.07, 6.45) is -2.56. The van der Waals surface area contributed by atoms with Gasteiger partial charge in [-0.1, -0.05) is 26.7 Å². The van der Waals surface area contributed by atoms with E-state index in [0.29, 0.717) is 31.7 Å². The summed E-state index contributed by atoms with van der Waals surface area (Å²) in [5, 5.41) is 8.31. The standard InChI is InChI=1S/C17H21F3O4S/c1-3-10-6-5-7-14(10)25(23,24)15-8-11(4-2)12(16(21)22)9-13(15)17(18,19)20/h8-10,14H,3-7H2,1-2H3,(H,21,22). The molecule has 2 rings (SSSR count). The van der Waals surface area contributed by atoms with Gasteiger partial charge in [0, 0.05) is 0 Å². The maximum Gasteiger partial charge on any atom is 0.417 e. The van der Waals surface area contributed by atoms with Crippen LogP contribution in [0.3, 0.4) is 0 Å². The zero-order valence-electron chi connectivity index (χ0n) is 14.1. The summed E-state index contributed by atoms with van der Waals surface area (Å²) in [6.45, 7) is 3.41. The van der Waals surface area contributed by atoms with Crippen molar-refractivity contribution in [2.45, 2.75) is 62.3 Å². The van der Waals surface area contributed by atoms with E-state index in [1.54, 1.807) is 6.92 Å². The van der Waals surface area contributed by atoms with E-state index >= 15 is 0 Å². The topological polar surface area (TPSA) is 71.4 Å². The molecular formula is C17H21F3O4S. The smallest absolute Gasteiger partial charge is 0.417 e. The fourth-order valence-electron chi connectivity index (χ4n) is 3.61. The number of halogens is 3.